The Labute approximate surface area is 129 Å². The molecule has 22 heavy (non-hydrogen) atoms. The molecule has 2 rings (SSSR count). The minimum atomic E-state index is -0.849. The van der Waals surface area contributed by atoms with Crippen LogP contribution in [0.1, 0.15) is 49.9 Å². The molecule has 6 heteroatoms. The van der Waals surface area contributed by atoms with E-state index >= 15 is 0 Å². The SMILES string of the molecule is CCC(C)Oc1cc(C(=O)N[C@@H]2CCC[C@@H]2C(=O)O)ccn1. The van der Waals surface area contributed by atoms with Crippen molar-refractivity contribution < 1.29 is 19.4 Å². The highest BCUT2D eigenvalue weighted by atomic mass is 16.5. The van der Waals surface area contributed by atoms with Gasteiger partial charge in [-0.1, -0.05) is 13.3 Å². The zero-order valence-electron chi connectivity index (χ0n) is 12.9. The second-order valence-electron chi connectivity index (χ2n) is 5.68. The summed E-state index contributed by atoms with van der Waals surface area (Å²) in [7, 11) is 0. The highest BCUT2D eigenvalue weighted by Crippen LogP contribution is 2.26. The topological polar surface area (TPSA) is 88.5 Å². The molecule has 1 aliphatic rings. The summed E-state index contributed by atoms with van der Waals surface area (Å²) in [5.74, 6) is -1.22. The Balaban J connectivity index is 2.03. The third kappa shape index (κ3) is 3.96. The van der Waals surface area contributed by atoms with Crippen LogP contribution in [0, 0.1) is 5.92 Å². The Kier molecular flexibility index (Phi) is 5.35. The highest BCUT2D eigenvalue weighted by Gasteiger charge is 2.34. The summed E-state index contributed by atoms with van der Waals surface area (Å²) in [5, 5.41) is 12.0. The van der Waals surface area contributed by atoms with Crippen molar-refractivity contribution >= 4 is 11.9 Å². The fraction of sp³-hybridized carbons (Fsp3) is 0.562. The zero-order chi connectivity index (χ0) is 16.1. The van der Waals surface area contributed by atoms with Gasteiger partial charge in [-0.15, -0.1) is 0 Å². The molecule has 0 radical (unpaired) electrons. The summed E-state index contributed by atoms with van der Waals surface area (Å²) in [5.41, 5.74) is 0.435. The summed E-state index contributed by atoms with van der Waals surface area (Å²) in [4.78, 5) is 27.5. The molecule has 0 aromatic carbocycles. The van der Waals surface area contributed by atoms with Gasteiger partial charge in [0.1, 0.15) is 0 Å². The molecule has 1 aliphatic carbocycles. The molecule has 120 valence electrons. The normalized spacial score (nSPS) is 22.1. The van der Waals surface area contributed by atoms with Crippen LogP contribution in [0.3, 0.4) is 0 Å². The lowest BCUT2D eigenvalue weighted by Crippen LogP contribution is -2.40. The molecule has 0 aliphatic heterocycles. The first-order chi connectivity index (χ1) is 10.5. The molecular formula is C16H22N2O4. The van der Waals surface area contributed by atoms with Crippen LogP contribution in [0.4, 0.5) is 0 Å². The van der Waals surface area contributed by atoms with E-state index in [1.807, 2.05) is 13.8 Å². The summed E-state index contributed by atoms with van der Waals surface area (Å²) in [6, 6.07) is 2.88. The molecule has 1 aromatic rings. The van der Waals surface area contributed by atoms with E-state index in [0.29, 0.717) is 24.3 Å². The summed E-state index contributed by atoms with van der Waals surface area (Å²) < 4.78 is 5.60. The molecule has 1 heterocycles. The lowest BCUT2D eigenvalue weighted by molar-refractivity contribution is -0.142. The van der Waals surface area contributed by atoms with Crippen LogP contribution >= 0.6 is 0 Å². The van der Waals surface area contributed by atoms with Crippen LogP contribution in [-0.2, 0) is 4.79 Å². The minimum absolute atomic E-state index is 0.0250. The number of carboxylic acids is 1. The van der Waals surface area contributed by atoms with Crippen LogP contribution in [-0.4, -0.2) is 34.1 Å². The Bertz CT molecular complexity index is 547. The Hall–Kier alpha value is -2.11. The lowest BCUT2D eigenvalue weighted by atomic mass is 10.0. The van der Waals surface area contributed by atoms with Gasteiger partial charge in [-0.2, -0.15) is 0 Å². The van der Waals surface area contributed by atoms with E-state index in [1.165, 1.54) is 6.20 Å². The second-order valence-corrected chi connectivity index (χ2v) is 5.68. The molecule has 1 amide bonds. The van der Waals surface area contributed by atoms with Crippen molar-refractivity contribution in [2.24, 2.45) is 5.92 Å². The molecule has 2 N–H and O–H groups in total. The molecule has 0 bridgehead atoms. The standard InChI is InChI=1S/C16H22N2O4/c1-3-10(2)22-14-9-11(7-8-17-14)15(19)18-13-6-4-5-12(13)16(20)21/h7-10,12-13H,3-6H2,1-2H3,(H,18,19)(H,20,21)/t10?,12-,13+/m0/s1. The highest BCUT2D eigenvalue weighted by molar-refractivity contribution is 5.94. The van der Waals surface area contributed by atoms with Crippen molar-refractivity contribution in [1.82, 2.24) is 10.3 Å². The number of carbonyl (C=O) groups excluding carboxylic acids is 1. The maximum absolute atomic E-state index is 12.3. The fourth-order valence-electron chi connectivity index (χ4n) is 2.58. The predicted octanol–water partition coefficient (Wildman–Crippen LogP) is 2.24. The van der Waals surface area contributed by atoms with Crippen molar-refractivity contribution in [1.29, 1.82) is 0 Å². The summed E-state index contributed by atoms with van der Waals surface area (Å²) >= 11 is 0. The smallest absolute Gasteiger partial charge is 0.308 e. The van der Waals surface area contributed by atoms with Crippen molar-refractivity contribution in [3.05, 3.63) is 23.9 Å². The van der Waals surface area contributed by atoms with E-state index in [2.05, 4.69) is 10.3 Å². The van der Waals surface area contributed by atoms with Crippen LogP contribution in [0.25, 0.3) is 0 Å². The molecule has 1 saturated carbocycles. The predicted molar refractivity (Wildman–Crippen MR) is 80.8 cm³/mol. The average molecular weight is 306 g/mol. The summed E-state index contributed by atoms with van der Waals surface area (Å²) in [6.07, 6.45) is 4.53. The molecular weight excluding hydrogens is 284 g/mol. The van der Waals surface area contributed by atoms with E-state index in [4.69, 9.17) is 9.84 Å². The van der Waals surface area contributed by atoms with E-state index in [-0.39, 0.29) is 18.1 Å². The minimum Gasteiger partial charge on any atom is -0.481 e. The number of nitrogens with zero attached hydrogens (tertiary/aromatic N) is 1. The van der Waals surface area contributed by atoms with Crippen molar-refractivity contribution in [2.75, 3.05) is 0 Å². The molecule has 0 saturated heterocycles. The number of aliphatic carboxylic acids is 1. The molecule has 1 aromatic heterocycles. The molecule has 3 atom stereocenters. The Morgan fingerprint density at radius 2 is 2.27 bits per heavy atom. The molecule has 1 fully saturated rings. The van der Waals surface area contributed by atoms with Gasteiger partial charge in [-0.3, -0.25) is 9.59 Å². The summed E-state index contributed by atoms with van der Waals surface area (Å²) in [6.45, 7) is 3.94. The zero-order valence-corrected chi connectivity index (χ0v) is 12.9. The monoisotopic (exact) mass is 306 g/mol. The van der Waals surface area contributed by atoms with Gasteiger partial charge in [0.2, 0.25) is 5.88 Å². The molecule has 1 unspecified atom stereocenters. The van der Waals surface area contributed by atoms with Crippen LogP contribution in [0.15, 0.2) is 18.3 Å². The number of pyridine rings is 1. The van der Waals surface area contributed by atoms with E-state index < -0.39 is 11.9 Å². The van der Waals surface area contributed by atoms with E-state index in [1.54, 1.807) is 12.1 Å². The number of rotatable bonds is 6. The van der Waals surface area contributed by atoms with Crippen molar-refractivity contribution in [2.45, 2.75) is 51.7 Å². The van der Waals surface area contributed by atoms with Gasteiger partial charge in [0.05, 0.1) is 12.0 Å². The number of carboxylic acid groups (broad SMARTS) is 1. The third-order valence-electron chi connectivity index (χ3n) is 4.04. The largest absolute Gasteiger partial charge is 0.481 e. The van der Waals surface area contributed by atoms with E-state index in [0.717, 1.165) is 12.8 Å². The van der Waals surface area contributed by atoms with Crippen molar-refractivity contribution in [3.8, 4) is 5.88 Å². The van der Waals surface area contributed by atoms with Gasteiger partial charge in [-0.05, 0) is 32.3 Å². The van der Waals surface area contributed by atoms with Crippen molar-refractivity contribution in [3.63, 3.8) is 0 Å². The average Bonchev–Trinajstić information content (AvgIpc) is 2.95. The number of aromatic nitrogens is 1. The first kappa shape index (κ1) is 16.3. The number of hydrogen-bond donors (Lipinski definition) is 2. The van der Waals surface area contributed by atoms with Crippen LogP contribution in [0.2, 0.25) is 0 Å². The first-order valence-corrected chi connectivity index (χ1v) is 7.67. The van der Waals surface area contributed by atoms with Gasteiger partial charge in [0.15, 0.2) is 0 Å². The maximum Gasteiger partial charge on any atom is 0.308 e. The quantitative estimate of drug-likeness (QED) is 0.841. The van der Waals surface area contributed by atoms with Gasteiger partial charge in [-0.25, -0.2) is 4.98 Å². The van der Waals surface area contributed by atoms with Gasteiger partial charge >= 0.3 is 5.97 Å². The van der Waals surface area contributed by atoms with Gasteiger partial charge in [0.25, 0.3) is 5.91 Å². The molecule has 0 spiro atoms. The van der Waals surface area contributed by atoms with Crippen LogP contribution in [0.5, 0.6) is 5.88 Å². The van der Waals surface area contributed by atoms with Gasteiger partial charge in [0, 0.05) is 23.9 Å². The Morgan fingerprint density at radius 1 is 1.50 bits per heavy atom. The molecule has 6 nitrogen and oxygen atoms in total. The van der Waals surface area contributed by atoms with Crippen LogP contribution < -0.4 is 10.1 Å². The van der Waals surface area contributed by atoms with Gasteiger partial charge < -0.3 is 15.2 Å². The Morgan fingerprint density at radius 3 is 2.95 bits per heavy atom. The number of ether oxygens (including phenoxy) is 1. The third-order valence-corrected chi connectivity index (χ3v) is 4.04. The first-order valence-electron chi connectivity index (χ1n) is 7.67. The fourth-order valence-corrected chi connectivity index (χ4v) is 2.58. The number of hydrogen-bond acceptors (Lipinski definition) is 4. The number of nitrogens with one attached hydrogen (secondary N) is 1. The number of carbonyl (C=O) groups is 2. The lowest BCUT2D eigenvalue weighted by Gasteiger charge is -2.18. The maximum atomic E-state index is 12.3. The van der Waals surface area contributed by atoms with E-state index in [9.17, 15) is 9.59 Å². The number of amides is 1. The second kappa shape index (κ2) is 7.24.